The van der Waals surface area contributed by atoms with E-state index in [9.17, 15) is 13.2 Å². The molecule has 0 aliphatic carbocycles. The predicted octanol–water partition coefficient (Wildman–Crippen LogP) is 5.35. The van der Waals surface area contributed by atoms with E-state index in [1.165, 1.54) is 12.1 Å². The summed E-state index contributed by atoms with van der Waals surface area (Å²) in [5.41, 5.74) is 1.39. The van der Waals surface area contributed by atoms with Gasteiger partial charge in [0.25, 0.3) is 0 Å². The molecule has 0 radical (unpaired) electrons. The molecule has 0 saturated heterocycles. The van der Waals surface area contributed by atoms with Crippen LogP contribution in [0.5, 0.6) is 0 Å². The molecule has 0 aliphatic rings. The molecule has 0 heterocycles. The Kier molecular flexibility index (Phi) is 4.38. The van der Waals surface area contributed by atoms with E-state index in [0.29, 0.717) is 11.1 Å². The minimum atomic E-state index is -0.698. The lowest BCUT2D eigenvalue weighted by atomic mass is 10.1. The Morgan fingerprint density at radius 2 is 1.75 bits per heavy atom. The average molecular weight is 344 g/mol. The van der Waals surface area contributed by atoms with Crippen LogP contribution in [-0.4, -0.2) is 0 Å². The predicted molar refractivity (Wildman–Crippen MR) is 77.2 cm³/mol. The van der Waals surface area contributed by atoms with E-state index in [1.807, 2.05) is 0 Å². The number of rotatable bonds is 3. The van der Waals surface area contributed by atoms with Crippen molar-refractivity contribution >= 4 is 21.6 Å². The van der Waals surface area contributed by atoms with Crippen molar-refractivity contribution in [3.63, 3.8) is 0 Å². The number of aryl methyl sites for hydroxylation is 1. The maximum atomic E-state index is 13.7. The van der Waals surface area contributed by atoms with Crippen molar-refractivity contribution in [2.24, 2.45) is 0 Å². The fraction of sp³-hybridized carbons (Fsp3) is 0.200. The quantitative estimate of drug-likeness (QED) is 0.792. The summed E-state index contributed by atoms with van der Waals surface area (Å²) in [7, 11) is 0. The van der Waals surface area contributed by atoms with Gasteiger partial charge in [0.05, 0.1) is 5.69 Å². The largest absolute Gasteiger partial charge is 0.375 e. The molecule has 0 aliphatic heterocycles. The van der Waals surface area contributed by atoms with Crippen LogP contribution in [0.3, 0.4) is 0 Å². The summed E-state index contributed by atoms with van der Waals surface area (Å²) in [6.07, 6.45) is 0. The van der Waals surface area contributed by atoms with Crippen LogP contribution in [0.15, 0.2) is 34.8 Å². The normalized spacial score (nSPS) is 12.3. The second kappa shape index (κ2) is 5.87. The summed E-state index contributed by atoms with van der Waals surface area (Å²) in [6, 6.07) is 6.50. The molecule has 0 aromatic heterocycles. The minimum absolute atomic E-state index is 0.153. The molecule has 2 aromatic rings. The van der Waals surface area contributed by atoms with E-state index in [-0.39, 0.29) is 22.0 Å². The van der Waals surface area contributed by atoms with Gasteiger partial charge in [-0.05, 0) is 53.0 Å². The third kappa shape index (κ3) is 3.15. The van der Waals surface area contributed by atoms with Gasteiger partial charge in [-0.2, -0.15) is 0 Å². The third-order valence-corrected chi connectivity index (χ3v) is 3.69. The van der Waals surface area contributed by atoms with Gasteiger partial charge in [0, 0.05) is 16.6 Å². The fourth-order valence-electron chi connectivity index (χ4n) is 1.86. The Balaban J connectivity index is 2.27. The molecule has 0 fully saturated rings. The molecule has 0 bridgehead atoms. The fourth-order valence-corrected chi connectivity index (χ4v) is 2.38. The van der Waals surface area contributed by atoms with Gasteiger partial charge < -0.3 is 5.32 Å². The smallest absolute Gasteiger partial charge is 0.150 e. The molecule has 2 aromatic carbocycles. The molecule has 1 atom stereocenters. The van der Waals surface area contributed by atoms with Crippen molar-refractivity contribution in [3.8, 4) is 0 Å². The maximum absolute atomic E-state index is 13.7. The molecule has 5 heteroatoms. The van der Waals surface area contributed by atoms with Crippen LogP contribution in [0.2, 0.25) is 0 Å². The van der Waals surface area contributed by atoms with Gasteiger partial charge >= 0.3 is 0 Å². The van der Waals surface area contributed by atoms with Gasteiger partial charge in [0.15, 0.2) is 0 Å². The lowest BCUT2D eigenvalue weighted by Gasteiger charge is -2.18. The molecular weight excluding hydrogens is 331 g/mol. The molecule has 1 nitrogen and oxygen atoms in total. The summed E-state index contributed by atoms with van der Waals surface area (Å²) in [5, 5.41) is 2.91. The first-order valence-electron chi connectivity index (χ1n) is 6.05. The van der Waals surface area contributed by atoms with Gasteiger partial charge in [0.1, 0.15) is 17.5 Å². The van der Waals surface area contributed by atoms with E-state index in [4.69, 9.17) is 0 Å². The SMILES string of the molecule is Cc1ccc(C(C)Nc2c(F)cc(F)cc2Br)cc1F. The van der Waals surface area contributed by atoms with Gasteiger partial charge in [-0.25, -0.2) is 13.2 Å². The highest BCUT2D eigenvalue weighted by Gasteiger charge is 2.14. The highest BCUT2D eigenvalue weighted by molar-refractivity contribution is 9.10. The van der Waals surface area contributed by atoms with Gasteiger partial charge in [-0.15, -0.1) is 0 Å². The van der Waals surface area contributed by atoms with Crippen molar-refractivity contribution < 1.29 is 13.2 Å². The lowest BCUT2D eigenvalue weighted by molar-refractivity contribution is 0.582. The first kappa shape index (κ1) is 14.9. The highest BCUT2D eigenvalue weighted by atomic mass is 79.9. The molecule has 0 amide bonds. The second-order valence-corrected chi connectivity index (χ2v) is 5.47. The third-order valence-electron chi connectivity index (χ3n) is 3.06. The van der Waals surface area contributed by atoms with Gasteiger partial charge in [-0.1, -0.05) is 12.1 Å². The van der Waals surface area contributed by atoms with Crippen molar-refractivity contribution in [1.29, 1.82) is 0 Å². The van der Waals surface area contributed by atoms with Crippen molar-refractivity contribution in [2.45, 2.75) is 19.9 Å². The topological polar surface area (TPSA) is 12.0 Å². The summed E-state index contributed by atoms with van der Waals surface area (Å²) >= 11 is 3.11. The Labute approximate surface area is 123 Å². The molecule has 0 saturated carbocycles. The number of hydrogen-bond acceptors (Lipinski definition) is 1. The Morgan fingerprint density at radius 1 is 1.05 bits per heavy atom. The molecule has 1 unspecified atom stereocenters. The molecular formula is C15H13BrF3N. The van der Waals surface area contributed by atoms with Gasteiger partial charge in [-0.3, -0.25) is 0 Å². The number of benzene rings is 2. The first-order chi connectivity index (χ1) is 9.38. The van der Waals surface area contributed by atoms with Crippen LogP contribution in [0.25, 0.3) is 0 Å². The van der Waals surface area contributed by atoms with Crippen molar-refractivity contribution in [1.82, 2.24) is 0 Å². The molecule has 0 spiro atoms. The van der Waals surface area contributed by atoms with Gasteiger partial charge in [0.2, 0.25) is 0 Å². The van der Waals surface area contributed by atoms with Crippen LogP contribution in [0, 0.1) is 24.4 Å². The zero-order chi connectivity index (χ0) is 14.9. The van der Waals surface area contributed by atoms with E-state index >= 15 is 0 Å². The van der Waals surface area contributed by atoms with E-state index in [0.717, 1.165) is 6.07 Å². The number of halogens is 4. The Morgan fingerprint density at radius 3 is 2.35 bits per heavy atom. The maximum Gasteiger partial charge on any atom is 0.150 e. The van der Waals surface area contributed by atoms with Crippen LogP contribution in [-0.2, 0) is 0 Å². The highest BCUT2D eigenvalue weighted by Crippen LogP contribution is 2.30. The van der Waals surface area contributed by atoms with Crippen molar-refractivity contribution in [3.05, 3.63) is 63.4 Å². The average Bonchev–Trinajstić information content (AvgIpc) is 2.36. The van der Waals surface area contributed by atoms with E-state index in [2.05, 4.69) is 21.2 Å². The summed E-state index contributed by atoms with van der Waals surface area (Å²) in [4.78, 5) is 0. The minimum Gasteiger partial charge on any atom is -0.375 e. The molecule has 2 rings (SSSR count). The zero-order valence-corrected chi connectivity index (χ0v) is 12.6. The van der Waals surface area contributed by atoms with Crippen molar-refractivity contribution in [2.75, 3.05) is 5.32 Å². The Hall–Kier alpha value is -1.49. The monoisotopic (exact) mass is 343 g/mol. The van der Waals surface area contributed by atoms with E-state index < -0.39 is 11.6 Å². The zero-order valence-electron chi connectivity index (χ0n) is 11.0. The Bertz CT molecular complexity index is 620. The molecule has 20 heavy (non-hydrogen) atoms. The van der Waals surface area contributed by atoms with Crippen LogP contribution < -0.4 is 5.32 Å². The first-order valence-corrected chi connectivity index (χ1v) is 6.85. The standard InChI is InChI=1S/C15H13BrF3N/c1-8-3-4-10(5-13(8)18)9(2)20-15-12(16)6-11(17)7-14(15)19/h3-7,9,20H,1-2H3. The lowest BCUT2D eigenvalue weighted by Crippen LogP contribution is -2.09. The van der Waals surface area contributed by atoms with Crippen LogP contribution in [0.4, 0.5) is 18.9 Å². The summed E-state index contributed by atoms with van der Waals surface area (Å²) in [6.45, 7) is 3.45. The summed E-state index contributed by atoms with van der Waals surface area (Å²) < 4.78 is 40.6. The second-order valence-electron chi connectivity index (χ2n) is 4.62. The number of hydrogen-bond donors (Lipinski definition) is 1. The van der Waals surface area contributed by atoms with Crippen LogP contribution >= 0.6 is 15.9 Å². The van der Waals surface area contributed by atoms with Crippen LogP contribution in [0.1, 0.15) is 24.1 Å². The molecule has 106 valence electrons. The molecule has 1 N–H and O–H groups in total. The number of nitrogens with one attached hydrogen (secondary N) is 1. The number of anilines is 1. The summed E-state index contributed by atoms with van der Waals surface area (Å²) in [5.74, 6) is -1.67. The van der Waals surface area contributed by atoms with E-state index in [1.54, 1.807) is 26.0 Å².